The number of methoxy groups -OCH3 is 1. The second kappa shape index (κ2) is 11.1. The van der Waals surface area contributed by atoms with Gasteiger partial charge in [-0.05, 0) is 75.4 Å². The Morgan fingerprint density at radius 1 is 0.919 bits per heavy atom. The van der Waals surface area contributed by atoms with Gasteiger partial charge in [0.1, 0.15) is 5.75 Å². The van der Waals surface area contributed by atoms with E-state index in [4.69, 9.17) is 4.74 Å². The molecule has 2 aromatic carbocycles. The highest BCUT2D eigenvalue weighted by molar-refractivity contribution is 5.78. The van der Waals surface area contributed by atoms with E-state index in [9.17, 15) is 4.79 Å². The van der Waals surface area contributed by atoms with Crippen molar-refractivity contribution in [2.75, 3.05) is 34.3 Å². The molecule has 0 bridgehead atoms. The molecular weight excluding hydrogens is 458 g/mol. The zero-order chi connectivity index (χ0) is 25.9. The summed E-state index contributed by atoms with van der Waals surface area (Å²) in [6, 6.07) is 19.4. The third-order valence-corrected chi connectivity index (χ3v) is 9.75. The quantitative estimate of drug-likeness (QED) is 0.403. The number of nitrogens with zero attached hydrogens (tertiary/aromatic N) is 3. The molecule has 5 rings (SSSR count). The van der Waals surface area contributed by atoms with E-state index in [-0.39, 0.29) is 17.1 Å². The van der Waals surface area contributed by atoms with Crippen LogP contribution in [-0.4, -0.2) is 60.6 Å². The summed E-state index contributed by atoms with van der Waals surface area (Å²) < 4.78 is 5.34. The SMILES string of the molecule is COc1ccc(CN2CC3(CCC(c4ccccc4)(N(C)C)CC3)N(CCC3CCCCC3)C2=O)cc1. The summed E-state index contributed by atoms with van der Waals surface area (Å²) in [6.45, 7) is 2.41. The van der Waals surface area contributed by atoms with Crippen LogP contribution in [0.25, 0.3) is 0 Å². The Labute approximate surface area is 223 Å². The molecule has 0 N–H and O–H groups in total. The van der Waals surface area contributed by atoms with Crippen molar-refractivity contribution < 1.29 is 9.53 Å². The molecule has 3 aliphatic rings. The minimum atomic E-state index is -0.0630. The topological polar surface area (TPSA) is 36.0 Å². The molecule has 0 radical (unpaired) electrons. The first-order valence-electron chi connectivity index (χ1n) is 14.4. The van der Waals surface area contributed by atoms with E-state index in [0.29, 0.717) is 6.54 Å². The standard InChI is InChI=1S/C32H45N3O2/c1-33(2)32(28-12-8-5-9-13-28)21-19-31(20-22-32)25-34(24-27-14-16-29(37-3)17-15-27)30(36)35(31)23-18-26-10-6-4-7-11-26/h5,8-9,12-17,26H,4,6-7,10-11,18-25H2,1-3H3. The highest BCUT2D eigenvalue weighted by atomic mass is 16.5. The number of hydrogen-bond acceptors (Lipinski definition) is 3. The van der Waals surface area contributed by atoms with Crippen molar-refractivity contribution in [1.82, 2.24) is 14.7 Å². The maximum Gasteiger partial charge on any atom is 0.320 e. The van der Waals surface area contributed by atoms with Crippen molar-refractivity contribution in [2.24, 2.45) is 5.92 Å². The van der Waals surface area contributed by atoms with E-state index in [1.165, 1.54) is 43.2 Å². The van der Waals surface area contributed by atoms with Gasteiger partial charge in [0.15, 0.2) is 0 Å². The van der Waals surface area contributed by atoms with Gasteiger partial charge in [-0.25, -0.2) is 4.79 Å². The lowest BCUT2D eigenvalue weighted by Gasteiger charge is -2.51. The Hall–Kier alpha value is -2.53. The first-order valence-corrected chi connectivity index (χ1v) is 14.4. The molecule has 1 heterocycles. The average molecular weight is 504 g/mol. The summed E-state index contributed by atoms with van der Waals surface area (Å²) >= 11 is 0. The van der Waals surface area contributed by atoms with E-state index in [0.717, 1.165) is 56.9 Å². The Balaban J connectivity index is 1.37. The van der Waals surface area contributed by atoms with Gasteiger partial charge in [-0.15, -0.1) is 0 Å². The zero-order valence-electron chi connectivity index (χ0n) is 23.1. The number of rotatable bonds is 8. The smallest absolute Gasteiger partial charge is 0.320 e. The van der Waals surface area contributed by atoms with Crippen LogP contribution >= 0.6 is 0 Å². The number of hydrogen-bond donors (Lipinski definition) is 0. The van der Waals surface area contributed by atoms with Gasteiger partial charge in [-0.1, -0.05) is 74.6 Å². The molecule has 0 unspecified atom stereocenters. The van der Waals surface area contributed by atoms with Gasteiger partial charge in [0.05, 0.1) is 12.6 Å². The minimum absolute atomic E-state index is 0.0357. The van der Waals surface area contributed by atoms with Crippen LogP contribution in [0.1, 0.15) is 75.3 Å². The van der Waals surface area contributed by atoms with Gasteiger partial charge in [0.2, 0.25) is 0 Å². The van der Waals surface area contributed by atoms with Crippen LogP contribution in [0, 0.1) is 5.92 Å². The van der Waals surface area contributed by atoms with Crippen molar-refractivity contribution in [3.63, 3.8) is 0 Å². The van der Waals surface area contributed by atoms with Gasteiger partial charge >= 0.3 is 6.03 Å². The monoisotopic (exact) mass is 503 g/mol. The maximum atomic E-state index is 14.0. The van der Waals surface area contributed by atoms with Gasteiger partial charge < -0.3 is 14.5 Å². The minimum Gasteiger partial charge on any atom is -0.497 e. The fraction of sp³-hybridized carbons (Fsp3) is 0.594. The molecule has 5 nitrogen and oxygen atoms in total. The van der Waals surface area contributed by atoms with Crippen LogP contribution in [0.2, 0.25) is 0 Å². The van der Waals surface area contributed by atoms with Crippen LogP contribution in [0.5, 0.6) is 5.75 Å². The summed E-state index contributed by atoms with van der Waals surface area (Å²) in [5.74, 6) is 1.64. The lowest BCUT2D eigenvalue weighted by molar-refractivity contribution is 0.0226. The normalized spacial score (nSPS) is 26.9. The van der Waals surface area contributed by atoms with Gasteiger partial charge in [0.25, 0.3) is 0 Å². The molecular formula is C32H45N3O2. The first kappa shape index (κ1) is 26.1. The Morgan fingerprint density at radius 2 is 1.59 bits per heavy atom. The fourth-order valence-electron chi connectivity index (χ4n) is 7.38. The largest absolute Gasteiger partial charge is 0.497 e. The lowest BCUT2D eigenvalue weighted by Crippen LogP contribution is -2.55. The molecule has 1 aliphatic heterocycles. The first-order chi connectivity index (χ1) is 18.0. The van der Waals surface area contributed by atoms with Crippen LogP contribution in [0.3, 0.4) is 0 Å². The van der Waals surface area contributed by atoms with E-state index in [2.05, 4.69) is 71.3 Å². The predicted octanol–water partition coefficient (Wildman–Crippen LogP) is 6.67. The molecule has 1 spiro atoms. The molecule has 3 fully saturated rings. The maximum absolute atomic E-state index is 14.0. The number of carbonyl (C=O) groups is 1. The number of urea groups is 1. The van der Waals surface area contributed by atoms with Crippen molar-refractivity contribution in [3.05, 3.63) is 65.7 Å². The molecule has 2 aromatic rings. The van der Waals surface area contributed by atoms with Gasteiger partial charge in [-0.2, -0.15) is 0 Å². The molecule has 0 atom stereocenters. The Kier molecular flexibility index (Phi) is 7.80. The summed E-state index contributed by atoms with van der Waals surface area (Å²) in [4.78, 5) is 20.8. The van der Waals surface area contributed by atoms with Crippen molar-refractivity contribution in [1.29, 1.82) is 0 Å². The van der Waals surface area contributed by atoms with Gasteiger partial charge in [-0.3, -0.25) is 4.90 Å². The second-order valence-electron chi connectivity index (χ2n) is 11.9. The predicted molar refractivity (Wildman–Crippen MR) is 150 cm³/mol. The van der Waals surface area contributed by atoms with Crippen LogP contribution in [-0.2, 0) is 12.1 Å². The molecule has 200 valence electrons. The van der Waals surface area contributed by atoms with Crippen molar-refractivity contribution in [3.8, 4) is 5.75 Å². The Bertz CT molecular complexity index is 1020. The molecule has 2 amide bonds. The van der Waals surface area contributed by atoms with E-state index in [1.807, 2.05) is 12.1 Å². The van der Waals surface area contributed by atoms with Gasteiger partial charge in [0, 0.05) is 25.2 Å². The summed E-state index contributed by atoms with van der Waals surface area (Å²) in [5, 5.41) is 0. The van der Waals surface area contributed by atoms with E-state index in [1.54, 1.807) is 7.11 Å². The fourth-order valence-corrected chi connectivity index (χ4v) is 7.38. The molecule has 1 saturated heterocycles. The summed E-state index contributed by atoms with van der Waals surface area (Å²) in [5.41, 5.74) is 2.55. The zero-order valence-corrected chi connectivity index (χ0v) is 23.1. The van der Waals surface area contributed by atoms with Crippen LogP contribution in [0.4, 0.5) is 4.79 Å². The third kappa shape index (κ3) is 5.25. The lowest BCUT2D eigenvalue weighted by atomic mass is 9.68. The average Bonchev–Trinajstić information content (AvgIpc) is 3.19. The number of carbonyl (C=O) groups excluding carboxylic acids is 1. The number of amides is 2. The molecule has 2 saturated carbocycles. The summed E-state index contributed by atoms with van der Waals surface area (Å²) in [6.07, 6.45) is 12.2. The summed E-state index contributed by atoms with van der Waals surface area (Å²) in [7, 11) is 6.14. The third-order valence-electron chi connectivity index (χ3n) is 9.75. The molecule has 2 aliphatic carbocycles. The highest BCUT2D eigenvalue weighted by Crippen LogP contribution is 2.49. The number of benzene rings is 2. The van der Waals surface area contributed by atoms with E-state index >= 15 is 0 Å². The second-order valence-corrected chi connectivity index (χ2v) is 11.9. The van der Waals surface area contributed by atoms with E-state index < -0.39 is 0 Å². The molecule has 0 aromatic heterocycles. The van der Waals surface area contributed by atoms with Crippen LogP contribution < -0.4 is 4.74 Å². The molecule has 37 heavy (non-hydrogen) atoms. The number of ether oxygens (including phenoxy) is 1. The highest BCUT2D eigenvalue weighted by Gasteiger charge is 2.54. The Morgan fingerprint density at radius 3 is 2.22 bits per heavy atom. The molecule has 5 heteroatoms. The van der Waals surface area contributed by atoms with Crippen molar-refractivity contribution in [2.45, 2.75) is 81.8 Å². The van der Waals surface area contributed by atoms with Crippen molar-refractivity contribution >= 4 is 6.03 Å². The van der Waals surface area contributed by atoms with Crippen LogP contribution in [0.15, 0.2) is 54.6 Å².